The van der Waals surface area contributed by atoms with Gasteiger partial charge in [0, 0.05) is 38.9 Å². The monoisotopic (exact) mass is 313 g/mol. The Morgan fingerprint density at radius 1 is 1.39 bits per heavy atom. The summed E-state index contributed by atoms with van der Waals surface area (Å²) in [6.07, 6.45) is 3.40. The van der Waals surface area contributed by atoms with Crippen LogP contribution in [0.25, 0.3) is 0 Å². The third kappa shape index (κ3) is 3.40. The number of anilines is 1. The van der Waals surface area contributed by atoms with E-state index in [1.165, 1.54) is 0 Å². The average Bonchev–Trinajstić information content (AvgIpc) is 2.40. The van der Waals surface area contributed by atoms with Gasteiger partial charge in [0.25, 0.3) is 0 Å². The highest BCUT2D eigenvalue weighted by Crippen LogP contribution is 2.23. The first-order valence-electron chi connectivity index (χ1n) is 6.33. The van der Waals surface area contributed by atoms with E-state index in [9.17, 15) is 0 Å². The number of hydrogen-bond donors (Lipinski definition) is 1. The zero-order valence-electron chi connectivity index (χ0n) is 10.7. The van der Waals surface area contributed by atoms with Gasteiger partial charge >= 0.3 is 0 Å². The van der Waals surface area contributed by atoms with E-state index >= 15 is 0 Å². The van der Waals surface area contributed by atoms with Crippen LogP contribution in [0.15, 0.2) is 17.0 Å². The Morgan fingerprint density at radius 3 is 2.72 bits per heavy atom. The highest BCUT2D eigenvalue weighted by molar-refractivity contribution is 9.10. The van der Waals surface area contributed by atoms with Crippen LogP contribution in [0, 0.1) is 5.92 Å². The summed E-state index contributed by atoms with van der Waals surface area (Å²) in [5.74, 6) is 1.57. The normalized spacial score (nSPS) is 18.9. The Kier molecular flexibility index (Phi) is 4.91. The van der Waals surface area contributed by atoms with Gasteiger partial charge < -0.3 is 10.6 Å². The Labute approximate surface area is 117 Å². The highest BCUT2D eigenvalue weighted by atomic mass is 79.9. The van der Waals surface area contributed by atoms with Crippen LogP contribution >= 0.6 is 15.9 Å². The lowest BCUT2D eigenvalue weighted by atomic mass is 10.1. The largest absolute Gasteiger partial charge is 0.353 e. The lowest BCUT2D eigenvalue weighted by Gasteiger charge is -2.36. The quantitative estimate of drug-likeness (QED) is 0.897. The van der Waals surface area contributed by atoms with Gasteiger partial charge in [0.15, 0.2) is 0 Å². The van der Waals surface area contributed by atoms with Gasteiger partial charge in [-0.05, 0) is 28.4 Å². The van der Waals surface area contributed by atoms with Crippen LogP contribution in [0.5, 0.6) is 0 Å². The molecular formula is C12H20BrN5. The van der Waals surface area contributed by atoms with E-state index in [4.69, 9.17) is 5.73 Å². The lowest BCUT2D eigenvalue weighted by Crippen LogP contribution is -2.48. The van der Waals surface area contributed by atoms with E-state index in [-0.39, 0.29) is 0 Å². The summed E-state index contributed by atoms with van der Waals surface area (Å²) in [6, 6.07) is 0. The summed E-state index contributed by atoms with van der Waals surface area (Å²) in [5, 5.41) is 0. The molecule has 2 N–H and O–H groups in total. The van der Waals surface area contributed by atoms with Crippen molar-refractivity contribution in [2.24, 2.45) is 11.7 Å². The molecule has 0 spiro atoms. The van der Waals surface area contributed by atoms with Crippen molar-refractivity contribution in [1.82, 2.24) is 14.9 Å². The maximum atomic E-state index is 5.67. The molecule has 2 heterocycles. The van der Waals surface area contributed by atoms with Crippen LogP contribution in [0.4, 0.5) is 5.82 Å². The van der Waals surface area contributed by atoms with Crippen LogP contribution in [0.3, 0.4) is 0 Å². The van der Waals surface area contributed by atoms with Gasteiger partial charge in [-0.25, -0.2) is 9.97 Å². The SMILES string of the molecule is CC(CN)CN1CCN(c2ncncc2Br)CC1. The summed E-state index contributed by atoms with van der Waals surface area (Å²) in [4.78, 5) is 13.1. The molecule has 0 bridgehead atoms. The highest BCUT2D eigenvalue weighted by Gasteiger charge is 2.20. The molecule has 1 fully saturated rings. The van der Waals surface area contributed by atoms with Crippen molar-refractivity contribution in [3.63, 3.8) is 0 Å². The molecule has 1 aromatic rings. The second-order valence-corrected chi connectivity index (χ2v) is 5.68. The number of halogens is 1. The fraction of sp³-hybridized carbons (Fsp3) is 0.667. The molecule has 1 aliphatic heterocycles. The molecule has 1 aromatic heterocycles. The van der Waals surface area contributed by atoms with Crippen molar-refractivity contribution in [1.29, 1.82) is 0 Å². The summed E-state index contributed by atoms with van der Waals surface area (Å²) in [7, 11) is 0. The molecule has 0 amide bonds. The second-order valence-electron chi connectivity index (χ2n) is 4.82. The maximum absolute atomic E-state index is 5.67. The van der Waals surface area contributed by atoms with Gasteiger partial charge in [-0.2, -0.15) is 0 Å². The van der Waals surface area contributed by atoms with E-state index in [1.807, 2.05) is 0 Å². The van der Waals surface area contributed by atoms with Crippen LogP contribution in [-0.4, -0.2) is 54.1 Å². The molecule has 1 unspecified atom stereocenters. The minimum Gasteiger partial charge on any atom is -0.353 e. The molecule has 5 nitrogen and oxygen atoms in total. The number of nitrogens with zero attached hydrogens (tertiary/aromatic N) is 4. The molecule has 0 aliphatic carbocycles. The van der Waals surface area contributed by atoms with Crippen molar-refractivity contribution < 1.29 is 0 Å². The van der Waals surface area contributed by atoms with Crippen LogP contribution in [0.1, 0.15) is 6.92 Å². The molecular weight excluding hydrogens is 294 g/mol. The van der Waals surface area contributed by atoms with Crippen molar-refractivity contribution in [3.05, 3.63) is 17.0 Å². The molecule has 0 radical (unpaired) electrons. The van der Waals surface area contributed by atoms with Crippen LogP contribution in [0.2, 0.25) is 0 Å². The van der Waals surface area contributed by atoms with Gasteiger partial charge in [-0.1, -0.05) is 6.92 Å². The van der Waals surface area contributed by atoms with Gasteiger partial charge in [0.05, 0.1) is 4.47 Å². The molecule has 0 saturated carbocycles. The van der Waals surface area contributed by atoms with E-state index in [1.54, 1.807) is 12.5 Å². The maximum Gasteiger partial charge on any atom is 0.146 e. The van der Waals surface area contributed by atoms with Gasteiger partial charge in [-0.3, -0.25) is 4.90 Å². The average molecular weight is 314 g/mol. The fourth-order valence-corrected chi connectivity index (χ4v) is 2.67. The Morgan fingerprint density at radius 2 is 2.11 bits per heavy atom. The third-order valence-corrected chi connectivity index (χ3v) is 3.85. The Hall–Kier alpha value is -0.720. The predicted octanol–water partition coefficient (Wildman–Crippen LogP) is 0.956. The first-order valence-corrected chi connectivity index (χ1v) is 7.13. The Bertz CT molecular complexity index is 378. The minimum atomic E-state index is 0.572. The van der Waals surface area contributed by atoms with E-state index in [0.717, 1.165) is 49.6 Å². The number of aromatic nitrogens is 2. The standard InChI is InChI=1S/C12H20BrN5/c1-10(6-14)8-17-2-4-18(5-3-17)12-11(13)7-15-9-16-12/h7,9-10H,2-6,8,14H2,1H3. The summed E-state index contributed by atoms with van der Waals surface area (Å²) >= 11 is 3.50. The minimum absolute atomic E-state index is 0.572. The molecule has 1 aliphatic rings. The number of hydrogen-bond acceptors (Lipinski definition) is 5. The summed E-state index contributed by atoms with van der Waals surface area (Å²) in [6.45, 7) is 8.21. The van der Waals surface area contributed by atoms with Crippen LogP contribution in [-0.2, 0) is 0 Å². The van der Waals surface area contributed by atoms with Crippen molar-refractivity contribution >= 4 is 21.7 Å². The topological polar surface area (TPSA) is 58.3 Å². The van der Waals surface area contributed by atoms with Gasteiger partial charge in [-0.15, -0.1) is 0 Å². The number of piperazine rings is 1. The predicted molar refractivity (Wildman–Crippen MR) is 76.6 cm³/mol. The van der Waals surface area contributed by atoms with E-state index in [0.29, 0.717) is 5.92 Å². The summed E-state index contributed by atoms with van der Waals surface area (Å²) < 4.78 is 0.966. The van der Waals surface area contributed by atoms with Crippen LogP contribution < -0.4 is 10.6 Å². The molecule has 0 aromatic carbocycles. The molecule has 6 heteroatoms. The van der Waals surface area contributed by atoms with Crippen molar-refractivity contribution in [2.45, 2.75) is 6.92 Å². The Balaban J connectivity index is 1.89. The smallest absolute Gasteiger partial charge is 0.146 e. The van der Waals surface area contributed by atoms with E-state index in [2.05, 4.69) is 42.6 Å². The molecule has 18 heavy (non-hydrogen) atoms. The zero-order valence-corrected chi connectivity index (χ0v) is 12.3. The third-order valence-electron chi connectivity index (χ3n) is 3.29. The van der Waals surface area contributed by atoms with Gasteiger partial charge in [0.2, 0.25) is 0 Å². The van der Waals surface area contributed by atoms with Crippen molar-refractivity contribution in [2.75, 3.05) is 44.2 Å². The van der Waals surface area contributed by atoms with Crippen molar-refractivity contribution in [3.8, 4) is 0 Å². The number of rotatable bonds is 4. The molecule has 1 atom stereocenters. The second kappa shape index (κ2) is 6.45. The molecule has 1 saturated heterocycles. The molecule has 100 valence electrons. The van der Waals surface area contributed by atoms with Gasteiger partial charge in [0.1, 0.15) is 12.1 Å². The first kappa shape index (κ1) is 13.7. The van der Waals surface area contributed by atoms with E-state index < -0.39 is 0 Å². The fourth-order valence-electron chi connectivity index (χ4n) is 2.20. The molecule has 2 rings (SSSR count). The lowest BCUT2D eigenvalue weighted by molar-refractivity contribution is 0.226. The first-order chi connectivity index (χ1) is 8.70. The zero-order chi connectivity index (χ0) is 13.0. The number of nitrogens with two attached hydrogens (primary N) is 1. The summed E-state index contributed by atoms with van der Waals surface area (Å²) in [5.41, 5.74) is 5.67.